The molecule has 0 unspecified atom stereocenters. The zero-order valence-corrected chi connectivity index (χ0v) is 13.8. The van der Waals surface area contributed by atoms with Gasteiger partial charge in [0, 0.05) is 31.0 Å². The van der Waals surface area contributed by atoms with E-state index in [0.29, 0.717) is 11.3 Å². The lowest BCUT2D eigenvalue weighted by Gasteiger charge is -2.18. The Labute approximate surface area is 136 Å². The molecule has 0 aliphatic rings. The molecule has 5 nitrogen and oxygen atoms in total. The van der Waals surface area contributed by atoms with Crippen molar-refractivity contribution in [2.75, 3.05) is 31.4 Å². The summed E-state index contributed by atoms with van der Waals surface area (Å²) in [6.07, 6.45) is 0. The first kappa shape index (κ1) is 16.5. The third-order valence-corrected chi connectivity index (χ3v) is 3.65. The molecule has 0 fully saturated rings. The van der Waals surface area contributed by atoms with E-state index in [1.54, 1.807) is 38.4 Å². The molecular formula is C18H21N3O2. The summed E-state index contributed by atoms with van der Waals surface area (Å²) in [5.41, 5.74) is 2.30. The van der Waals surface area contributed by atoms with Gasteiger partial charge in [0.05, 0.1) is 12.9 Å². The average molecular weight is 311 g/mol. The molecule has 0 heterocycles. The Balaban J connectivity index is 2.10. The minimum atomic E-state index is -0.170. The number of hydrogen-bond donors (Lipinski definition) is 1. The van der Waals surface area contributed by atoms with Gasteiger partial charge in [0.25, 0.3) is 5.91 Å². The van der Waals surface area contributed by atoms with Crippen molar-refractivity contribution < 1.29 is 9.53 Å². The van der Waals surface area contributed by atoms with Gasteiger partial charge in [-0.2, -0.15) is 0 Å². The first-order valence-electron chi connectivity index (χ1n) is 7.27. The SMILES string of the molecule is CN=C(C)N(C)c1ccc(NC(=O)c2cccc(OC)c2)cc1. The van der Waals surface area contributed by atoms with Gasteiger partial charge in [-0.15, -0.1) is 0 Å². The third kappa shape index (κ3) is 4.10. The van der Waals surface area contributed by atoms with E-state index in [2.05, 4.69) is 10.3 Å². The van der Waals surface area contributed by atoms with Crippen LogP contribution in [0, 0.1) is 0 Å². The lowest BCUT2D eigenvalue weighted by molar-refractivity contribution is 0.102. The molecule has 0 aliphatic carbocycles. The van der Waals surface area contributed by atoms with Crippen LogP contribution in [0.1, 0.15) is 17.3 Å². The highest BCUT2D eigenvalue weighted by atomic mass is 16.5. The second-order valence-electron chi connectivity index (χ2n) is 5.06. The molecule has 2 aromatic carbocycles. The highest BCUT2D eigenvalue weighted by Gasteiger charge is 2.08. The van der Waals surface area contributed by atoms with Crippen molar-refractivity contribution in [2.24, 2.45) is 4.99 Å². The van der Waals surface area contributed by atoms with Crippen molar-refractivity contribution in [2.45, 2.75) is 6.92 Å². The maximum atomic E-state index is 12.3. The topological polar surface area (TPSA) is 53.9 Å². The molecule has 0 bridgehead atoms. The van der Waals surface area contributed by atoms with Gasteiger partial charge < -0.3 is 15.0 Å². The maximum Gasteiger partial charge on any atom is 0.255 e. The fraction of sp³-hybridized carbons (Fsp3) is 0.222. The van der Waals surface area contributed by atoms with E-state index in [4.69, 9.17) is 4.74 Å². The summed E-state index contributed by atoms with van der Waals surface area (Å²) in [5.74, 6) is 1.40. The predicted octanol–water partition coefficient (Wildman–Crippen LogP) is 3.43. The highest BCUT2D eigenvalue weighted by Crippen LogP contribution is 2.19. The van der Waals surface area contributed by atoms with Crippen molar-refractivity contribution in [3.8, 4) is 5.75 Å². The summed E-state index contributed by atoms with van der Waals surface area (Å²) < 4.78 is 5.13. The van der Waals surface area contributed by atoms with E-state index in [1.165, 1.54) is 0 Å². The minimum absolute atomic E-state index is 0.170. The maximum absolute atomic E-state index is 12.3. The van der Waals surface area contributed by atoms with Crippen LogP contribution in [0.25, 0.3) is 0 Å². The Kier molecular flexibility index (Phi) is 5.36. The van der Waals surface area contributed by atoms with Crippen molar-refractivity contribution in [1.82, 2.24) is 0 Å². The number of anilines is 2. The molecule has 0 spiro atoms. The molecule has 0 saturated heterocycles. The number of amidine groups is 1. The van der Waals surface area contributed by atoms with Gasteiger partial charge in [0.15, 0.2) is 0 Å². The molecule has 0 saturated carbocycles. The van der Waals surface area contributed by atoms with Crippen molar-refractivity contribution >= 4 is 23.1 Å². The van der Waals surface area contributed by atoms with E-state index in [1.807, 2.05) is 43.1 Å². The number of carbonyl (C=O) groups excluding carboxylic acids is 1. The summed E-state index contributed by atoms with van der Waals surface area (Å²) in [7, 11) is 5.29. The smallest absolute Gasteiger partial charge is 0.255 e. The third-order valence-electron chi connectivity index (χ3n) is 3.65. The number of hydrogen-bond acceptors (Lipinski definition) is 3. The fourth-order valence-electron chi connectivity index (χ4n) is 2.07. The monoisotopic (exact) mass is 311 g/mol. The molecule has 120 valence electrons. The quantitative estimate of drug-likeness (QED) is 0.695. The molecule has 2 aromatic rings. The van der Waals surface area contributed by atoms with E-state index >= 15 is 0 Å². The number of amides is 1. The number of benzene rings is 2. The lowest BCUT2D eigenvalue weighted by atomic mass is 10.2. The normalized spacial score (nSPS) is 11.0. The van der Waals surface area contributed by atoms with Crippen LogP contribution in [-0.4, -0.2) is 32.9 Å². The first-order valence-corrected chi connectivity index (χ1v) is 7.27. The number of nitrogens with one attached hydrogen (secondary N) is 1. The van der Waals surface area contributed by atoms with Gasteiger partial charge in [-0.1, -0.05) is 6.07 Å². The molecule has 0 atom stereocenters. The Morgan fingerprint density at radius 1 is 1.17 bits per heavy atom. The predicted molar refractivity (Wildman–Crippen MR) is 94.8 cm³/mol. The summed E-state index contributed by atoms with van der Waals surface area (Å²) >= 11 is 0. The van der Waals surface area contributed by atoms with Crippen molar-refractivity contribution in [3.63, 3.8) is 0 Å². The van der Waals surface area contributed by atoms with E-state index in [9.17, 15) is 4.79 Å². The summed E-state index contributed by atoms with van der Waals surface area (Å²) in [6, 6.07) is 14.7. The molecule has 0 aromatic heterocycles. The number of rotatable bonds is 4. The molecule has 0 aliphatic heterocycles. The van der Waals surface area contributed by atoms with Gasteiger partial charge in [-0.05, 0) is 49.4 Å². The largest absolute Gasteiger partial charge is 0.497 e. The lowest BCUT2D eigenvalue weighted by Crippen LogP contribution is -2.23. The summed E-state index contributed by atoms with van der Waals surface area (Å²) in [5, 5.41) is 2.88. The summed E-state index contributed by atoms with van der Waals surface area (Å²) in [6.45, 7) is 1.94. The van der Waals surface area contributed by atoms with E-state index in [-0.39, 0.29) is 5.91 Å². The Bertz CT molecular complexity index is 708. The second kappa shape index (κ2) is 7.45. The van der Waals surface area contributed by atoms with Crippen molar-refractivity contribution in [1.29, 1.82) is 0 Å². The number of carbonyl (C=O) groups is 1. The molecule has 1 amide bonds. The molecular weight excluding hydrogens is 290 g/mol. The standard InChI is InChI=1S/C18H21N3O2/c1-13(19-2)21(3)16-10-8-15(9-11-16)20-18(22)14-6-5-7-17(12-14)23-4/h5-12H,1-4H3,(H,20,22). The van der Waals surface area contributed by atoms with Gasteiger partial charge in [0.2, 0.25) is 0 Å². The zero-order valence-electron chi connectivity index (χ0n) is 13.8. The Hall–Kier alpha value is -2.82. The number of nitrogens with zero attached hydrogens (tertiary/aromatic N) is 2. The molecule has 2 rings (SSSR count). The van der Waals surface area contributed by atoms with Crippen LogP contribution in [0.15, 0.2) is 53.5 Å². The van der Waals surface area contributed by atoms with Crippen LogP contribution in [0.3, 0.4) is 0 Å². The average Bonchev–Trinajstić information content (AvgIpc) is 2.61. The Morgan fingerprint density at radius 2 is 1.87 bits per heavy atom. The van der Waals surface area contributed by atoms with Crippen LogP contribution in [-0.2, 0) is 0 Å². The van der Waals surface area contributed by atoms with Crippen LogP contribution in [0.4, 0.5) is 11.4 Å². The fourth-order valence-corrected chi connectivity index (χ4v) is 2.07. The zero-order chi connectivity index (χ0) is 16.8. The van der Waals surface area contributed by atoms with Crippen LogP contribution < -0.4 is 15.0 Å². The highest BCUT2D eigenvalue weighted by molar-refractivity contribution is 6.04. The minimum Gasteiger partial charge on any atom is -0.497 e. The van der Waals surface area contributed by atoms with Crippen LogP contribution in [0.2, 0.25) is 0 Å². The van der Waals surface area contributed by atoms with Gasteiger partial charge in [-0.25, -0.2) is 0 Å². The molecule has 23 heavy (non-hydrogen) atoms. The molecule has 5 heteroatoms. The Morgan fingerprint density at radius 3 is 2.48 bits per heavy atom. The van der Waals surface area contributed by atoms with Crippen LogP contribution >= 0.6 is 0 Å². The van der Waals surface area contributed by atoms with E-state index in [0.717, 1.165) is 17.2 Å². The van der Waals surface area contributed by atoms with Gasteiger partial charge in [-0.3, -0.25) is 9.79 Å². The molecule has 0 radical (unpaired) electrons. The number of aliphatic imine (C=N–C) groups is 1. The van der Waals surface area contributed by atoms with Crippen molar-refractivity contribution in [3.05, 3.63) is 54.1 Å². The summed E-state index contributed by atoms with van der Waals surface area (Å²) in [4.78, 5) is 18.4. The van der Waals surface area contributed by atoms with E-state index < -0.39 is 0 Å². The van der Waals surface area contributed by atoms with Crippen LogP contribution in [0.5, 0.6) is 5.75 Å². The number of ether oxygens (including phenoxy) is 1. The first-order chi connectivity index (χ1) is 11.0. The second-order valence-corrected chi connectivity index (χ2v) is 5.06. The number of methoxy groups -OCH3 is 1. The van der Waals surface area contributed by atoms with Gasteiger partial charge >= 0.3 is 0 Å². The van der Waals surface area contributed by atoms with Gasteiger partial charge in [0.1, 0.15) is 5.75 Å². The molecule has 1 N–H and O–H groups in total.